The first kappa shape index (κ1) is 18.5. The standard InChI is InChI=1S/C7H8F9O2Si/c8-5(9,10)1-2-19(17-3-6(11,12)13)18-4-7(14,15)16/h1-4H2. The Bertz CT molecular complexity index is 216. The van der Waals surface area contributed by atoms with Gasteiger partial charge >= 0.3 is 27.8 Å². The molecular weight excluding hydrogens is 315 g/mol. The summed E-state index contributed by atoms with van der Waals surface area (Å²) in [5.41, 5.74) is 0. The lowest BCUT2D eigenvalue weighted by Gasteiger charge is -2.18. The Balaban J connectivity index is 4.30. The normalized spacial score (nSPS) is 14.2. The Morgan fingerprint density at radius 2 is 1.00 bits per heavy atom. The van der Waals surface area contributed by atoms with E-state index in [0.717, 1.165) is 0 Å². The Morgan fingerprint density at radius 3 is 1.26 bits per heavy atom. The van der Waals surface area contributed by atoms with Crippen LogP contribution in [0.1, 0.15) is 6.42 Å². The van der Waals surface area contributed by atoms with Crippen LogP contribution in [-0.4, -0.2) is 41.0 Å². The molecule has 0 aromatic heterocycles. The summed E-state index contributed by atoms with van der Waals surface area (Å²) in [4.78, 5) is 0. The van der Waals surface area contributed by atoms with Gasteiger partial charge in [-0.15, -0.1) is 0 Å². The van der Waals surface area contributed by atoms with Crippen LogP contribution < -0.4 is 0 Å². The van der Waals surface area contributed by atoms with Crippen LogP contribution in [0.15, 0.2) is 0 Å². The zero-order valence-electron chi connectivity index (χ0n) is 9.05. The molecule has 0 rings (SSSR count). The molecule has 0 bridgehead atoms. The van der Waals surface area contributed by atoms with E-state index >= 15 is 0 Å². The van der Waals surface area contributed by atoms with Crippen molar-refractivity contribution in [1.82, 2.24) is 0 Å². The number of rotatable bonds is 6. The summed E-state index contributed by atoms with van der Waals surface area (Å²) >= 11 is 0. The minimum absolute atomic E-state index is 1.06. The fourth-order valence-electron chi connectivity index (χ4n) is 0.754. The third-order valence-electron chi connectivity index (χ3n) is 1.41. The lowest BCUT2D eigenvalue weighted by molar-refractivity contribution is -0.169. The van der Waals surface area contributed by atoms with Crippen molar-refractivity contribution in [2.24, 2.45) is 0 Å². The van der Waals surface area contributed by atoms with Gasteiger partial charge in [0.1, 0.15) is 13.2 Å². The minimum Gasteiger partial charge on any atom is -0.384 e. The van der Waals surface area contributed by atoms with Gasteiger partial charge in [-0.25, -0.2) is 0 Å². The largest absolute Gasteiger partial charge is 0.410 e. The molecule has 2 nitrogen and oxygen atoms in total. The second-order valence-corrected chi connectivity index (χ2v) is 5.12. The third-order valence-corrected chi connectivity index (χ3v) is 3.00. The van der Waals surface area contributed by atoms with Crippen LogP contribution in [0.2, 0.25) is 6.04 Å². The Hall–Kier alpha value is -0.493. The molecule has 1 radical (unpaired) electrons. The first-order valence-electron chi connectivity index (χ1n) is 4.60. The van der Waals surface area contributed by atoms with E-state index in [4.69, 9.17) is 0 Å². The van der Waals surface area contributed by atoms with E-state index in [2.05, 4.69) is 8.85 Å². The van der Waals surface area contributed by atoms with Gasteiger partial charge < -0.3 is 8.85 Å². The van der Waals surface area contributed by atoms with Crippen LogP contribution in [0, 0.1) is 0 Å². The molecule has 0 aliphatic rings. The molecule has 0 heterocycles. The van der Waals surface area contributed by atoms with E-state index in [-0.39, 0.29) is 0 Å². The van der Waals surface area contributed by atoms with Gasteiger partial charge in [0.25, 0.3) is 0 Å². The van der Waals surface area contributed by atoms with Crippen LogP contribution in [0.25, 0.3) is 0 Å². The predicted octanol–water partition coefficient (Wildman–Crippen LogP) is 3.58. The average molecular weight is 323 g/mol. The molecule has 0 unspecified atom stereocenters. The predicted molar refractivity (Wildman–Crippen MR) is 45.2 cm³/mol. The Morgan fingerprint density at radius 1 is 0.632 bits per heavy atom. The number of hydrogen-bond donors (Lipinski definition) is 0. The molecule has 115 valence electrons. The van der Waals surface area contributed by atoms with E-state index in [9.17, 15) is 39.5 Å². The van der Waals surface area contributed by atoms with E-state index in [1.165, 1.54) is 0 Å². The summed E-state index contributed by atoms with van der Waals surface area (Å²) in [6.07, 6.45) is -16.0. The monoisotopic (exact) mass is 323 g/mol. The topological polar surface area (TPSA) is 18.5 Å². The summed E-state index contributed by atoms with van der Waals surface area (Å²) < 4.78 is 114. The van der Waals surface area contributed by atoms with Crippen LogP contribution in [0.4, 0.5) is 39.5 Å². The summed E-state index contributed by atoms with van der Waals surface area (Å²) in [7, 11) is -3.30. The van der Waals surface area contributed by atoms with E-state index in [1.807, 2.05) is 0 Å². The number of alkyl halides is 9. The molecule has 0 aliphatic carbocycles. The zero-order chi connectivity index (χ0) is 15.3. The molecule has 0 saturated heterocycles. The van der Waals surface area contributed by atoms with E-state index in [1.54, 1.807) is 0 Å². The van der Waals surface area contributed by atoms with E-state index in [0.29, 0.717) is 0 Å². The van der Waals surface area contributed by atoms with Gasteiger partial charge in [-0.1, -0.05) is 0 Å². The smallest absolute Gasteiger partial charge is 0.384 e. The van der Waals surface area contributed by atoms with Crippen molar-refractivity contribution in [3.05, 3.63) is 0 Å². The van der Waals surface area contributed by atoms with Crippen molar-refractivity contribution in [1.29, 1.82) is 0 Å². The second-order valence-electron chi connectivity index (χ2n) is 3.29. The highest BCUT2D eigenvalue weighted by atomic mass is 28.3. The van der Waals surface area contributed by atoms with Crippen molar-refractivity contribution in [2.45, 2.75) is 31.0 Å². The maximum atomic E-state index is 11.8. The van der Waals surface area contributed by atoms with Gasteiger partial charge in [0.05, 0.1) is 0 Å². The zero-order valence-corrected chi connectivity index (χ0v) is 10.0. The molecule has 0 saturated carbocycles. The number of halogens is 9. The van der Waals surface area contributed by atoms with Crippen LogP contribution in [0.3, 0.4) is 0 Å². The van der Waals surface area contributed by atoms with Crippen molar-refractivity contribution < 1.29 is 48.4 Å². The van der Waals surface area contributed by atoms with Gasteiger partial charge in [0.2, 0.25) is 0 Å². The lowest BCUT2D eigenvalue weighted by Crippen LogP contribution is -2.33. The first-order chi connectivity index (χ1) is 8.29. The average Bonchev–Trinajstić information content (AvgIpc) is 2.11. The van der Waals surface area contributed by atoms with Gasteiger partial charge in [-0.05, 0) is 0 Å². The van der Waals surface area contributed by atoms with Crippen molar-refractivity contribution in [3.63, 3.8) is 0 Å². The molecule has 0 spiro atoms. The van der Waals surface area contributed by atoms with Crippen molar-refractivity contribution in [3.8, 4) is 0 Å². The fraction of sp³-hybridized carbons (Fsp3) is 1.00. The maximum Gasteiger partial charge on any atom is 0.410 e. The Labute approximate surface area is 103 Å². The van der Waals surface area contributed by atoms with Gasteiger partial charge in [0.15, 0.2) is 0 Å². The van der Waals surface area contributed by atoms with Gasteiger partial charge in [-0.2, -0.15) is 39.5 Å². The quantitative estimate of drug-likeness (QED) is 0.549. The van der Waals surface area contributed by atoms with Crippen LogP contribution >= 0.6 is 0 Å². The highest BCUT2D eigenvalue weighted by molar-refractivity contribution is 6.44. The lowest BCUT2D eigenvalue weighted by atomic mass is 10.5. The third kappa shape index (κ3) is 13.7. The molecule has 0 aromatic carbocycles. The van der Waals surface area contributed by atoms with Crippen LogP contribution in [0.5, 0.6) is 0 Å². The second kappa shape index (κ2) is 6.79. The van der Waals surface area contributed by atoms with Crippen molar-refractivity contribution in [2.75, 3.05) is 13.2 Å². The molecule has 0 aliphatic heterocycles. The molecule has 0 N–H and O–H groups in total. The van der Waals surface area contributed by atoms with Gasteiger partial charge in [-0.3, -0.25) is 0 Å². The summed E-state index contributed by atoms with van der Waals surface area (Å²) in [6, 6.07) is -1.06. The van der Waals surface area contributed by atoms with E-state index < -0.39 is 53.5 Å². The molecule has 12 heteroatoms. The first-order valence-corrected chi connectivity index (χ1v) is 6.12. The molecule has 0 amide bonds. The molecule has 0 atom stereocenters. The molecule has 0 aromatic rings. The highest BCUT2D eigenvalue weighted by Gasteiger charge is 2.37. The molecule has 0 fully saturated rings. The van der Waals surface area contributed by atoms with Crippen molar-refractivity contribution >= 4 is 9.28 Å². The summed E-state index contributed by atoms with van der Waals surface area (Å²) in [6.45, 7) is -3.89. The fourth-order valence-corrected chi connectivity index (χ4v) is 2.26. The molecular formula is C7H8F9O2Si. The summed E-state index contributed by atoms with van der Waals surface area (Å²) in [5, 5.41) is 0. The van der Waals surface area contributed by atoms with Crippen LogP contribution in [-0.2, 0) is 8.85 Å². The minimum atomic E-state index is -4.85. The number of hydrogen-bond acceptors (Lipinski definition) is 2. The maximum absolute atomic E-state index is 11.8. The highest BCUT2D eigenvalue weighted by Crippen LogP contribution is 2.25. The SMILES string of the molecule is FC(F)(F)CC[Si](OCC(F)(F)F)OCC(F)(F)F. The Kier molecular flexibility index (Phi) is 6.61. The molecule has 19 heavy (non-hydrogen) atoms. The van der Waals surface area contributed by atoms with Gasteiger partial charge in [0, 0.05) is 12.5 Å². The summed E-state index contributed by atoms with van der Waals surface area (Å²) in [5.74, 6) is 0.